The van der Waals surface area contributed by atoms with Crippen LogP contribution in [0, 0.1) is 0 Å². The molecule has 0 aliphatic carbocycles. The molecule has 0 saturated carbocycles. The normalized spacial score (nSPS) is 13.5. The maximum Gasteiger partial charge on any atom is 0.354 e. The van der Waals surface area contributed by atoms with Crippen molar-refractivity contribution in [3.05, 3.63) is 65.5 Å². The molecule has 1 aliphatic heterocycles. The van der Waals surface area contributed by atoms with Crippen molar-refractivity contribution in [2.45, 2.75) is 25.9 Å². The van der Waals surface area contributed by atoms with E-state index in [-0.39, 0.29) is 5.69 Å². The summed E-state index contributed by atoms with van der Waals surface area (Å²) in [4.78, 5) is 21.3. The maximum atomic E-state index is 11.1. The molecule has 26 heavy (non-hydrogen) atoms. The molecular weight excluding hydrogens is 332 g/mol. The van der Waals surface area contributed by atoms with Gasteiger partial charge < -0.3 is 14.6 Å². The van der Waals surface area contributed by atoms with Gasteiger partial charge in [0.1, 0.15) is 5.82 Å². The summed E-state index contributed by atoms with van der Waals surface area (Å²) >= 11 is 0. The number of nitrogens with zero attached hydrogens (tertiary/aromatic N) is 6. The van der Waals surface area contributed by atoms with Gasteiger partial charge in [-0.15, -0.1) is 10.2 Å². The van der Waals surface area contributed by atoms with Gasteiger partial charge in [-0.05, 0) is 18.1 Å². The van der Waals surface area contributed by atoms with Crippen molar-refractivity contribution < 1.29 is 9.90 Å². The molecule has 4 rings (SSSR count). The molecule has 0 fully saturated rings. The summed E-state index contributed by atoms with van der Waals surface area (Å²) in [5.41, 5.74) is 1.27. The van der Waals surface area contributed by atoms with E-state index in [9.17, 15) is 4.79 Å². The molecule has 1 aliphatic rings. The van der Waals surface area contributed by atoms with Gasteiger partial charge in [0, 0.05) is 25.7 Å². The number of carboxylic acids is 1. The van der Waals surface area contributed by atoms with E-state index >= 15 is 0 Å². The van der Waals surface area contributed by atoms with Gasteiger partial charge in [0.05, 0.1) is 6.54 Å². The Morgan fingerprint density at radius 1 is 1.08 bits per heavy atom. The summed E-state index contributed by atoms with van der Waals surface area (Å²) in [5, 5.41) is 17.7. The molecule has 1 aromatic carbocycles. The van der Waals surface area contributed by atoms with Crippen LogP contribution in [-0.2, 0) is 25.9 Å². The number of hydrogen-bond acceptors (Lipinski definition) is 6. The van der Waals surface area contributed by atoms with Crippen LogP contribution < -0.4 is 4.90 Å². The van der Waals surface area contributed by atoms with Gasteiger partial charge >= 0.3 is 5.97 Å². The molecule has 0 bridgehead atoms. The SMILES string of the molecule is O=C(O)c1ccnc(N2CCn3c(CCc4ccccc4)nnc3C2)n1. The van der Waals surface area contributed by atoms with Crippen molar-refractivity contribution in [3.8, 4) is 0 Å². The Bertz CT molecular complexity index is 924. The molecule has 0 atom stereocenters. The number of anilines is 1. The molecule has 1 N–H and O–H groups in total. The van der Waals surface area contributed by atoms with Crippen molar-refractivity contribution in [3.63, 3.8) is 0 Å². The zero-order valence-corrected chi connectivity index (χ0v) is 14.1. The summed E-state index contributed by atoms with van der Waals surface area (Å²) in [6, 6.07) is 11.7. The largest absolute Gasteiger partial charge is 0.477 e. The van der Waals surface area contributed by atoms with Gasteiger partial charge in [-0.1, -0.05) is 30.3 Å². The summed E-state index contributed by atoms with van der Waals surface area (Å²) in [7, 11) is 0. The second-order valence-corrected chi connectivity index (χ2v) is 6.14. The van der Waals surface area contributed by atoms with Gasteiger partial charge in [0.15, 0.2) is 11.5 Å². The number of benzene rings is 1. The average molecular weight is 350 g/mol. The highest BCUT2D eigenvalue weighted by Gasteiger charge is 2.23. The lowest BCUT2D eigenvalue weighted by Crippen LogP contribution is -2.35. The highest BCUT2D eigenvalue weighted by Crippen LogP contribution is 2.18. The lowest BCUT2D eigenvalue weighted by atomic mass is 10.1. The minimum atomic E-state index is -1.06. The number of aromatic nitrogens is 5. The first-order chi connectivity index (χ1) is 12.7. The molecule has 8 nitrogen and oxygen atoms in total. The molecule has 3 aromatic rings. The van der Waals surface area contributed by atoms with E-state index in [0.717, 1.165) is 31.0 Å². The Kier molecular flexibility index (Phi) is 4.30. The van der Waals surface area contributed by atoms with Crippen molar-refractivity contribution in [2.75, 3.05) is 11.4 Å². The Hall–Kier alpha value is -3.29. The number of carboxylic acid groups (broad SMARTS) is 1. The van der Waals surface area contributed by atoms with Crippen LogP contribution >= 0.6 is 0 Å². The third kappa shape index (κ3) is 3.26. The molecule has 8 heteroatoms. The van der Waals surface area contributed by atoms with Crippen molar-refractivity contribution in [1.82, 2.24) is 24.7 Å². The maximum absolute atomic E-state index is 11.1. The first kappa shape index (κ1) is 16.2. The Morgan fingerprint density at radius 2 is 1.92 bits per heavy atom. The second-order valence-electron chi connectivity index (χ2n) is 6.14. The van der Waals surface area contributed by atoms with Crippen LogP contribution in [0.5, 0.6) is 0 Å². The van der Waals surface area contributed by atoms with Crippen LogP contribution in [0.4, 0.5) is 5.95 Å². The molecule has 0 saturated heterocycles. The highest BCUT2D eigenvalue weighted by molar-refractivity contribution is 5.85. The molecule has 2 aromatic heterocycles. The summed E-state index contributed by atoms with van der Waals surface area (Å²) in [5.74, 6) is 1.18. The minimum Gasteiger partial charge on any atom is -0.477 e. The quantitative estimate of drug-likeness (QED) is 0.746. The number of fused-ring (bicyclic) bond motifs is 1. The van der Waals surface area contributed by atoms with Crippen LogP contribution in [-0.4, -0.2) is 42.4 Å². The number of aryl methyl sites for hydroxylation is 2. The standard InChI is InChI=1S/C18H18N6O2/c25-17(26)14-8-9-19-18(20-14)23-10-11-24-15(21-22-16(24)12-23)7-6-13-4-2-1-3-5-13/h1-5,8-9H,6-7,10-12H2,(H,25,26). The van der Waals surface area contributed by atoms with Crippen LogP contribution in [0.3, 0.4) is 0 Å². The average Bonchev–Trinajstić information content (AvgIpc) is 3.09. The van der Waals surface area contributed by atoms with Crippen LogP contribution in [0.15, 0.2) is 42.6 Å². The Morgan fingerprint density at radius 3 is 2.73 bits per heavy atom. The first-order valence-corrected chi connectivity index (χ1v) is 8.47. The summed E-state index contributed by atoms with van der Waals surface area (Å²) in [6.45, 7) is 1.93. The topological polar surface area (TPSA) is 97.0 Å². The van der Waals surface area contributed by atoms with Gasteiger partial charge in [0.2, 0.25) is 5.95 Å². The number of rotatable bonds is 5. The van der Waals surface area contributed by atoms with Crippen molar-refractivity contribution >= 4 is 11.9 Å². The number of carbonyl (C=O) groups is 1. The molecule has 0 unspecified atom stereocenters. The zero-order valence-electron chi connectivity index (χ0n) is 14.1. The highest BCUT2D eigenvalue weighted by atomic mass is 16.4. The van der Waals surface area contributed by atoms with E-state index in [0.29, 0.717) is 19.0 Å². The minimum absolute atomic E-state index is 0.00871. The second kappa shape index (κ2) is 6.91. The molecule has 132 valence electrons. The number of hydrogen-bond donors (Lipinski definition) is 1. The fourth-order valence-corrected chi connectivity index (χ4v) is 3.09. The monoisotopic (exact) mass is 350 g/mol. The van der Waals surface area contributed by atoms with Gasteiger partial charge in [-0.3, -0.25) is 0 Å². The fourth-order valence-electron chi connectivity index (χ4n) is 3.09. The van der Waals surface area contributed by atoms with E-state index < -0.39 is 5.97 Å². The van der Waals surface area contributed by atoms with E-state index in [1.165, 1.54) is 17.8 Å². The predicted molar refractivity (Wildman–Crippen MR) is 93.9 cm³/mol. The Labute approximate surface area is 150 Å². The zero-order chi connectivity index (χ0) is 17.9. The molecule has 0 spiro atoms. The van der Waals surface area contributed by atoms with Gasteiger partial charge in [0.25, 0.3) is 0 Å². The fraction of sp³-hybridized carbons (Fsp3) is 0.278. The smallest absolute Gasteiger partial charge is 0.354 e. The van der Waals surface area contributed by atoms with E-state index in [4.69, 9.17) is 5.11 Å². The third-order valence-electron chi connectivity index (χ3n) is 4.45. The van der Waals surface area contributed by atoms with Gasteiger partial charge in [-0.2, -0.15) is 0 Å². The molecule has 0 amide bonds. The van der Waals surface area contributed by atoms with Gasteiger partial charge in [-0.25, -0.2) is 14.8 Å². The summed E-state index contributed by atoms with van der Waals surface area (Å²) in [6.07, 6.45) is 3.23. The lowest BCUT2D eigenvalue weighted by molar-refractivity contribution is 0.0690. The van der Waals surface area contributed by atoms with Crippen LogP contribution in [0.25, 0.3) is 0 Å². The first-order valence-electron chi connectivity index (χ1n) is 8.47. The molecular formula is C18H18N6O2. The predicted octanol–water partition coefficient (Wildman–Crippen LogP) is 1.57. The van der Waals surface area contributed by atoms with Crippen LogP contribution in [0.1, 0.15) is 27.7 Å². The molecule has 3 heterocycles. The number of aromatic carboxylic acids is 1. The van der Waals surface area contributed by atoms with E-state index in [2.05, 4.69) is 36.9 Å². The van der Waals surface area contributed by atoms with E-state index in [1.54, 1.807) is 0 Å². The van der Waals surface area contributed by atoms with E-state index in [1.807, 2.05) is 23.1 Å². The van der Waals surface area contributed by atoms with Crippen LogP contribution in [0.2, 0.25) is 0 Å². The van der Waals surface area contributed by atoms with Crippen molar-refractivity contribution in [1.29, 1.82) is 0 Å². The summed E-state index contributed by atoms with van der Waals surface area (Å²) < 4.78 is 2.14. The van der Waals surface area contributed by atoms with Crippen molar-refractivity contribution in [2.24, 2.45) is 0 Å². The molecule has 0 radical (unpaired) electrons. The Balaban J connectivity index is 1.48. The third-order valence-corrected chi connectivity index (χ3v) is 4.45. The lowest BCUT2D eigenvalue weighted by Gasteiger charge is -2.27.